The van der Waals surface area contributed by atoms with Crippen molar-refractivity contribution >= 4 is 11.3 Å². The predicted molar refractivity (Wildman–Crippen MR) is 73.0 cm³/mol. The van der Waals surface area contributed by atoms with Gasteiger partial charge in [-0.1, -0.05) is 13.0 Å². The van der Waals surface area contributed by atoms with Crippen LogP contribution in [0.2, 0.25) is 0 Å². The smallest absolute Gasteiger partial charge is 0.0300 e. The quantitative estimate of drug-likeness (QED) is 0.737. The Morgan fingerprint density at radius 1 is 1.44 bits per heavy atom. The summed E-state index contributed by atoms with van der Waals surface area (Å²) in [5.41, 5.74) is 0.310. The van der Waals surface area contributed by atoms with Gasteiger partial charge in [0.2, 0.25) is 0 Å². The molecule has 0 radical (unpaired) electrons. The first-order valence-electron chi connectivity index (χ1n) is 6.00. The van der Waals surface area contributed by atoms with E-state index >= 15 is 0 Å². The van der Waals surface area contributed by atoms with Crippen LogP contribution in [-0.4, -0.2) is 30.6 Å². The van der Waals surface area contributed by atoms with Crippen molar-refractivity contribution in [3.63, 3.8) is 0 Å². The molecule has 2 nitrogen and oxygen atoms in total. The topological polar surface area (TPSA) is 15.3 Å². The van der Waals surface area contributed by atoms with Crippen LogP contribution >= 0.6 is 11.3 Å². The summed E-state index contributed by atoms with van der Waals surface area (Å²) in [7, 11) is 2.20. The Labute approximate surface area is 104 Å². The van der Waals surface area contributed by atoms with Crippen molar-refractivity contribution in [3.8, 4) is 0 Å². The number of rotatable bonds is 7. The molecule has 0 aliphatic carbocycles. The zero-order valence-corrected chi connectivity index (χ0v) is 11.7. The zero-order valence-electron chi connectivity index (χ0n) is 10.9. The average molecular weight is 240 g/mol. The molecule has 0 bridgehead atoms. The molecule has 1 aromatic heterocycles. The summed E-state index contributed by atoms with van der Waals surface area (Å²) < 4.78 is 0. The molecule has 16 heavy (non-hydrogen) atoms. The molecule has 0 spiro atoms. The van der Waals surface area contributed by atoms with Gasteiger partial charge in [0.1, 0.15) is 0 Å². The van der Waals surface area contributed by atoms with Crippen LogP contribution in [0.4, 0.5) is 0 Å². The maximum absolute atomic E-state index is 3.48. The van der Waals surface area contributed by atoms with Gasteiger partial charge in [-0.3, -0.25) is 4.90 Å². The van der Waals surface area contributed by atoms with E-state index < -0.39 is 0 Å². The van der Waals surface area contributed by atoms with Gasteiger partial charge in [0.25, 0.3) is 0 Å². The monoisotopic (exact) mass is 240 g/mol. The lowest BCUT2D eigenvalue weighted by Crippen LogP contribution is -2.43. The molecule has 1 rings (SSSR count). The van der Waals surface area contributed by atoms with Crippen molar-refractivity contribution in [3.05, 3.63) is 22.4 Å². The van der Waals surface area contributed by atoms with Crippen LogP contribution in [0.25, 0.3) is 0 Å². The lowest BCUT2D eigenvalue weighted by atomic mass is 10.0. The fourth-order valence-electron chi connectivity index (χ4n) is 1.44. The van der Waals surface area contributed by atoms with E-state index in [2.05, 4.69) is 55.5 Å². The van der Waals surface area contributed by atoms with Crippen molar-refractivity contribution in [2.75, 3.05) is 20.1 Å². The van der Waals surface area contributed by atoms with Crippen LogP contribution in [0.3, 0.4) is 0 Å². The average Bonchev–Trinajstić information content (AvgIpc) is 2.76. The summed E-state index contributed by atoms with van der Waals surface area (Å²) in [5.74, 6) is 0. The second-order valence-electron chi connectivity index (χ2n) is 4.84. The van der Waals surface area contributed by atoms with E-state index in [1.54, 1.807) is 0 Å². The number of likely N-dealkylation sites (N-methyl/N-ethyl adjacent to an activating group) is 1. The summed E-state index contributed by atoms with van der Waals surface area (Å²) >= 11 is 1.82. The van der Waals surface area contributed by atoms with E-state index in [0.717, 1.165) is 19.6 Å². The first-order valence-corrected chi connectivity index (χ1v) is 6.88. The molecule has 0 unspecified atom stereocenters. The summed E-state index contributed by atoms with van der Waals surface area (Å²) in [4.78, 5) is 3.84. The van der Waals surface area contributed by atoms with E-state index in [1.165, 1.54) is 11.3 Å². The fourth-order valence-corrected chi connectivity index (χ4v) is 2.12. The van der Waals surface area contributed by atoms with Crippen LogP contribution in [0.1, 0.15) is 32.1 Å². The summed E-state index contributed by atoms with van der Waals surface area (Å²) in [6.07, 6.45) is 1.19. The van der Waals surface area contributed by atoms with E-state index in [0.29, 0.717) is 5.54 Å². The summed E-state index contributed by atoms with van der Waals surface area (Å²) in [5, 5.41) is 5.61. The molecule has 92 valence electrons. The highest BCUT2D eigenvalue weighted by molar-refractivity contribution is 7.09. The van der Waals surface area contributed by atoms with E-state index in [-0.39, 0.29) is 0 Å². The molecule has 1 aromatic rings. The van der Waals surface area contributed by atoms with Gasteiger partial charge < -0.3 is 5.32 Å². The van der Waals surface area contributed by atoms with Gasteiger partial charge in [0, 0.05) is 30.1 Å². The number of thiophene rings is 1. The van der Waals surface area contributed by atoms with Crippen LogP contribution in [-0.2, 0) is 6.54 Å². The van der Waals surface area contributed by atoms with E-state index in [1.807, 2.05) is 11.3 Å². The van der Waals surface area contributed by atoms with Crippen molar-refractivity contribution < 1.29 is 0 Å². The number of hydrogen-bond donors (Lipinski definition) is 1. The number of nitrogens with one attached hydrogen (secondary N) is 1. The summed E-state index contributed by atoms with van der Waals surface area (Å²) in [6, 6.07) is 4.28. The Bertz CT molecular complexity index is 280. The molecule has 0 amide bonds. The SMILES string of the molecule is CCC(C)(C)N(C)CCNCc1cccs1. The number of nitrogens with zero attached hydrogens (tertiary/aromatic N) is 1. The molecular weight excluding hydrogens is 216 g/mol. The van der Waals surface area contributed by atoms with E-state index in [4.69, 9.17) is 0 Å². The normalized spacial score (nSPS) is 12.3. The third kappa shape index (κ3) is 4.24. The van der Waals surface area contributed by atoms with Crippen molar-refractivity contribution in [2.24, 2.45) is 0 Å². The zero-order chi connectivity index (χ0) is 12.0. The third-order valence-electron chi connectivity index (χ3n) is 3.40. The second kappa shape index (κ2) is 6.38. The lowest BCUT2D eigenvalue weighted by molar-refractivity contribution is 0.152. The van der Waals surface area contributed by atoms with Gasteiger partial charge in [-0.15, -0.1) is 11.3 Å². The fraction of sp³-hybridized carbons (Fsp3) is 0.692. The highest BCUT2D eigenvalue weighted by Gasteiger charge is 2.19. The molecule has 1 heterocycles. The van der Waals surface area contributed by atoms with Gasteiger partial charge in [-0.2, -0.15) is 0 Å². The van der Waals surface area contributed by atoms with Crippen LogP contribution in [0, 0.1) is 0 Å². The largest absolute Gasteiger partial charge is 0.311 e. The van der Waals surface area contributed by atoms with Crippen molar-refractivity contribution in [2.45, 2.75) is 39.3 Å². The molecule has 3 heteroatoms. The molecule has 0 fully saturated rings. The van der Waals surface area contributed by atoms with Crippen molar-refractivity contribution in [1.82, 2.24) is 10.2 Å². The van der Waals surface area contributed by atoms with Gasteiger partial charge in [-0.25, -0.2) is 0 Å². The first kappa shape index (κ1) is 13.7. The molecule has 0 saturated carbocycles. The molecule has 0 aliphatic rings. The molecule has 0 atom stereocenters. The minimum Gasteiger partial charge on any atom is -0.311 e. The first-order chi connectivity index (χ1) is 7.56. The van der Waals surface area contributed by atoms with Gasteiger partial charge in [0.15, 0.2) is 0 Å². The Hall–Kier alpha value is -0.380. The van der Waals surface area contributed by atoms with Crippen molar-refractivity contribution in [1.29, 1.82) is 0 Å². The minimum absolute atomic E-state index is 0.310. The predicted octanol–water partition coefficient (Wildman–Crippen LogP) is 2.96. The third-order valence-corrected chi connectivity index (χ3v) is 4.28. The summed E-state index contributed by atoms with van der Waals surface area (Å²) in [6.45, 7) is 10.00. The van der Waals surface area contributed by atoms with Gasteiger partial charge in [0.05, 0.1) is 0 Å². The molecular formula is C13H24N2S. The van der Waals surface area contributed by atoms with E-state index in [9.17, 15) is 0 Å². The Balaban J connectivity index is 2.16. The Morgan fingerprint density at radius 3 is 2.75 bits per heavy atom. The number of hydrogen-bond acceptors (Lipinski definition) is 3. The van der Waals surface area contributed by atoms with Crippen LogP contribution in [0.15, 0.2) is 17.5 Å². The molecule has 0 aliphatic heterocycles. The highest BCUT2D eigenvalue weighted by Crippen LogP contribution is 2.15. The molecule has 0 aromatic carbocycles. The van der Waals surface area contributed by atoms with Gasteiger partial charge >= 0.3 is 0 Å². The minimum atomic E-state index is 0.310. The highest BCUT2D eigenvalue weighted by atomic mass is 32.1. The van der Waals surface area contributed by atoms with Crippen LogP contribution in [0.5, 0.6) is 0 Å². The molecule has 1 N–H and O–H groups in total. The lowest BCUT2D eigenvalue weighted by Gasteiger charge is -2.34. The maximum atomic E-state index is 3.48. The Kier molecular flexibility index (Phi) is 5.46. The van der Waals surface area contributed by atoms with Crippen LogP contribution < -0.4 is 5.32 Å². The molecule has 0 saturated heterocycles. The Morgan fingerprint density at radius 2 is 2.19 bits per heavy atom. The van der Waals surface area contributed by atoms with Gasteiger partial charge in [-0.05, 0) is 38.8 Å². The standard InChI is InChI=1S/C13H24N2S/c1-5-13(2,3)15(4)9-8-14-11-12-7-6-10-16-12/h6-7,10,14H,5,8-9,11H2,1-4H3. The second-order valence-corrected chi connectivity index (χ2v) is 5.88. The maximum Gasteiger partial charge on any atom is 0.0300 e.